The van der Waals surface area contributed by atoms with Crippen LogP contribution in [0, 0.1) is 6.92 Å². The SMILES string of the molecule is Cc1nn(CCCNC(=O)c2nn(C)c(C(F)(F)F)c2Cl)cc1Br. The summed E-state index contributed by atoms with van der Waals surface area (Å²) in [5.74, 6) is -0.746. The Balaban J connectivity index is 1.93. The molecule has 0 atom stereocenters. The molecule has 0 radical (unpaired) electrons. The van der Waals surface area contributed by atoms with Gasteiger partial charge in [0.2, 0.25) is 0 Å². The third kappa shape index (κ3) is 4.10. The first-order valence-corrected chi connectivity index (χ1v) is 8.05. The fraction of sp³-hybridized carbons (Fsp3) is 0.462. The quantitative estimate of drug-likeness (QED) is 0.744. The number of nitrogens with one attached hydrogen (secondary N) is 1. The third-order valence-electron chi connectivity index (χ3n) is 3.21. The minimum atomic E-state index is -4.68. The maximum atomic E-state index is 12.8. The van der Waals surface area contributed by atoms with E-state index in [1.54, 1.807) is 4.68 Å². The third-order valence-corrected chi connectivity index (χ3v) is 4.35. The number of halogens is 5. The standard InChI is InChI=1S/C13H14BrClF3N5O/c1-7-8(14)6-23(20-7)5-3-4-19-12(24)10-9(15)11(13(16,17)18)22(2)21-10/h6H,3-5H2,1-2H3,(H,19,24). The minimum Gasteiger partial charge on any atom is -0.351 e. The maximum Gasteiger partial charge on any atom is 0.434 e. The Morgan fingerprint density at radius 1 is 1.42 bits per heavy atom. The zero-order chi connectivity index (χ0) is 18.1. The minimum absolute atomic E-state index is 0.254. The molecule has 24 heavy (non-hydrogen) atoms. The first kappa shape index (κ1) is 18.8. The molecule has 0 spiro atoms. The van der Waals surface area contributed by atoms with Gasteiger partial charge in [0.1, 0.15) is 5.02 Å². The predicted molar refractivity (Wildman–Crippen MR) is 84.8 cm³/mol. The van der Waals surface area contributed by atoms with Crippen LogP contribution in [-0.4, -0.2) is 32.0 Å². The average Bonchev–Trinajstić information content (AvgIpc) is 2.94. The van der Waals surface area contributed by atoms with Crippen molar-refractivity contribution in [1.82, 2.24) is 24.9 Å². The molecule has 2 aromatic heterocycles. The van der Waals surface area contributed by atoms with Gasteiger partial charge >= 0.3 is 6.18 Å². The van der Waals surface area contributed by atoms with Crippen LogP contribution in [0.4, 0.5) is 13.2 Å². The maximum absolute atomic E-state index is 12.8. The summed E-state index contributed by atoms with van der Waals surface area (Å²) in [4.78, 5) is 12.0. The number of hydrogen-bond acceptors (Lipinski definition) is 3. The van der Waals surface area contributed by atoms with Crippen molar-refractivity contribution in [2.75, 3.05) is 6.54 Å². The number of carbonyl (C=O) groups is 1. The molecule has 0 unspecified atom stereocenters. The Hall–Kier alpha value is -1.55. The molecule has 0 aromatic carbocycles. The van der Waals surface area contributed by atoms with E-state index in [-0.39, 0.29) is 6.54 Å². The molecule has 132 valence electrons. The number of aromatic nitrogens is 4. The number of carbonyl (C=O) groups excluding carboxylic acids is 1. The van der Waals surface area contributed by atoms with E-state index in [2.05, 4.69) is 31.4 Å². The molecule has 11 heteroatoms. The van der Waals surface area contributed by atoms with Crippen LogP contribution in [0.25, 0.3) is 0 Å². The molecule has 1 N–H and O–H groups in total. The Morgan fingerprint density at radius 3 is 2.58 bits per heavy atom. The molecule has 6 nitrogen and oxygen atoms in total. The second kappa shape index (κ2) is 7.14. The zero-order valence-electron chi connectivity index (χ0n) is 12.8. The summed E-state index contributed by atoms with van der Waals surface area (Å²) in [7, 11) is 1.09. The van der Waals surface area contributed by atoms with Gasteiger partial charge < -0.3 is 5.32 Å². The molecule has 0 aliphatic heterocycles. The van der Waals surface area contributed by atoms with Crippen molar-refractivity contribution in [3.8, 4) is 0 Å². The largest absolute Gasteiger partial charge is 0.434 e. The lowest BCUT2D eigenvalue weighted by molar-refractivity contribution is -0.143. The zero-order valence-corrected chi connectivity index (χ0v) is 15.1. The van der Waals surface area contributed by atoms with Gasteiger partial charge in [0.25, 0.3) is 5.91 Å². The van der Waals surface area contributed by atoms with Crippen LogP contribution in [0.3, 0.4) is 0 Å². The van der Waals surface area contributed by atoms with Crippen LogP contribution in [0.1, 0.15) is 28.3 Å². The molecule has 2 heterocycles. The fourth-order valence-corrected chi connectivity index (χ4v) is 2.75. The number of amides is 1. The van der Waals surface area contributed by atoms with E-state index in [0.717, 1.165) is 17.2 Å². The van der Waals surface area contributed by atoms with E-state index in [0.29, 0.717) is 17.6 Å². The smallest absolute Gasteiger partial charge is 0.351 e. The van der Waals surface area contributed by atoms with Crippen LogP contribution >= 0.6 is 27.5 Å². The van der Waals surface area contributed by atoms with Crippen LogP contribution in [-0.2, 0) is 19.8 Å². The van der Waals surface area contributed by atoms with Crippen LogP contribution < -0.4 is 5.32 Å². The second-order valence-corrected chi connectivity index (χ2v) is 6.30. The highest BCUT2D eigenvalue weighted by atomic mass is 79.9. The van der Waals surface area contributed by atoms with Gasteiger partial charge in [-0.25, -0.2) is 0 Å². The lowest BCUT2D eigenvalue weighted by Gasteiger charge is -2.06. The monoisotopic (exact) mass is 427 g/mol. The van der Waals surface area contributed by atoms with Gasteiger partial charge in [-0.1, -0.05) is 11.6 Å². The molecule has 0 fully saturated rings. The van der Waals surface area contributed by atoms with Gasteiger partial charge in [-0.05, 0) is 29.3 Å². The summed E-state index contributed by atoms with van der Waals surface area (Å²) in [5, 5.41) is 9.60. The molecular weight excluding hydrogens is 415 g/mol. The van der Waals surface area contributed by atoms with Gasteiger partial charge in [-0.15, -0.1) is 0 Å². The highest BCUT2D eigenvalue weighted by Gasteiger charge is 2.39. The van der Waals surface area contributed by atoms with E-state index >= 15 is 0 Å². The van der Waals surface area contributed by atoms with Gasteiger partial charge in [-0.2, -0.15) is 23.4 Å². The van der Waals surface area contributed by atoms with Crippen molar-refractivity contribution in [2.45, 2.75) is 26.1 Å². The number of aryl methyl sites for hydroxylation is 3. The van der Waals surface area contributed by atoms with E-state index in [1.807, 2.05) is 13.1 Å². The van der Waals surface area contributed by atoms with E-state index in [4.69, 9.17) is 11.6 Å². The summed E-state index contributed by atoms with van der Waals surface area (Å²) in [6, 6.07) is 0. The summed E-state index contributed by atoms with van der Waals surface area (Å²) in [6.07, 6.45) is -2.32. The Bertz CT molecular complexity index is 736. The van der Waals surface area contributed by atoms with E-state index < -0.39 is 28.5 Å². The fourth-order valence-electron chi connectivity index (χ4n) is 2.09. The van der Waals surface area contributed by atoms with Gasteiger partial charge in [-0.3, -0.25) is 14.2 Å². The van der Waals surface area contributed by atoms with Gasteiger partial charge in [0.15, 0.2) is 11.4 Å². The van der Waals surface area contributed by atoms with Crippen molar-refractivity contribution < 1.29 is 18.0 Å². The Labute approximate surface area is 149 Å². The Morgan fingerprint density at radius 2 is 2.08 bits per heavy atom. The van der Waals surface area contributed by atoms with E-state index in [9.17, 15) is 18.0 Å². The topological polar surface area (TPSA) is 64.7 Å². The lowest BCUT2D eigenvalue weighted by atomic mass is 10.3. The van der Waals surface area contributed by atoms with Crippen LogP contribution in [0.5, 0.6) is 0 Å². The van der Waals surface area contributed by atoms with Crippen molar-refractivity contribution in [3.63, 3.8) is 0 Å². The lowest BCUT2D eigenvalue weighted by Crippen LogP contribution is -2.26. The van der Waals surface area contributed by atoms with Crippen molar-refractivity contribution >= 4 is 33.4 Å². The summed E-state index contributed by atoms with van der Waals surface area (Å²) >= 11 is 9.00. The molecular formula is C13H14BrClF3N5O. The van der Waals surface area contributed by atoms with Crippen LogP contribution in [0.15, 0.2) is 10.7 Å². The van der Waals surface area contributed by atoms with Gasteiger partial charge in [0.05, 0.1) is 10.2 Å². The molecule has 0 saturated carbocycles. The molecule has 0 aliphatic rings. The number of rotatable bonds is 5. The molecule has 0 saturated heterocycles. The second-order valence-electron chi connectivity index (χ2n) is 5.07. The van der Waals surface area contributed by atoms with Crippen LogP contribution in [0.2, 0.25) is 5.02 Å². The molecule has 0 bridgehead atoms. The number of nitrogens with zero attached hydrogens (tertiary/aromatic N) is 4. The highest BCUT2D eigenvalue weighted by Crippen LogP contribution is 2.35. The average molecular weight is 429 g/mol. The number of alkyl halides is 3. The molecule has 0 aliphatic carbocycles. The van der Waals surface area contributed by atoms with Crippen molar-refractivity contribution in [3.05, 3.63) is 32.8 Å². The summed E-state index contributed by atoms with van der Waals surface area (Å²) in [6.45, 7) is 2.66. The van der Waals surface area contributed by atoms with Gasteiger partial charge in [0, 0.05) is 26.3 Å². The predicted octanol–water partition coefficient (Wildman–Crippen LogP) is 3.18. The first-order valence-electron chi connectivity index (χ1n) is 6.88. The van der Waals surface area contributed by atoms with E-state index in [1.165, 1.54) is 0 Å². The number of hydrogen-bond donors (Lipinski definition) is 1. The highest BCUT2D eigenvalue weighted by molar-refractivity contribution is 9.10. The normalized spacial score (nSPS) is 11.8. The van der Waals surface area contributed by atoms with Crippen molar-refractivity contribution in [1.29, 1.82) is 0 Å². The molecule has 1 amide bonds. The van der Waals surface area contributed by atoms with Crippen molar-refractivity contribution in [2.24, 2.45) is 7.05 Å². The summed E-state index contributed by atoms with van der Waals surface area (Å²) < 4.78 is 41.6. The Kier molecular flexibility index (Phi) is 5.59. The summed E-state index contributed by atoms with van der Waals surface area (Å²) in [5.41, 5.74) is -0.741. The molecule has 2 aromatic rings. The molecule has 2 rings (SSSR count). The first-order chi connectivity index (χ1) is 11.1.